The van der Waals surface area contributed by atoms with Crippen molar-refractivity contribution in [1.82, 2.24) is 9.47 Å². The molecule has 1 amide bonds. The maximum Gasteiger partial charge on any atom is 0.270 e. The number of halogens is 2. The molecule has 2 heterocycles. The number of carbonyl (C=O) groups is 1. The van der Waals surface area contributed by atoms with Crippen LogP contribution in [0.2, 0.25) is 0 Å². The van der Waals surface area contributed by atoms with Gasteiger partial charge in [-0.2, -0.15) is 0 Å². The summed E-state index contributed by atoms with van der Waals surface area (Å²) in [4.78, 5) is 14.1. The van der Waals surface area contributed by atoms with E-state index >= 15 is 0 Å². The molecule has 0 aliphatic carbocycles. The number of nitrogens with zero attached hydrogens (tertiary/aromatic N) is 2. The van der Waals surface area contributed by atoms with E-state index in [1.54, 1.807) is 0 Å². The average Bonchev–Trinajstić information content (AvgIpc) is 2.57. The van der Waals surface area contributed by atoms with E-state index in [-0.39, 0.29) is 24.4 Å². The van der Waals surface area contributed by atoms with Gasteiger partial charge in [0.1, 0.15) is 5.69 Å². The van der Waals surface area contributed by atoms with Gasteiger partial charge < -0.3 is 15.2 Å². The molecule has 6 heteroatoms. The van der Waals surface area contributed by atoms with Gasteiger partial charge >= 0.3 is 0 Å². The third-order valence-corrected chi connectivity index (χ3v) is 3.37. The highest BCUT2D eigenvalue weighted by Crippen LogP contribution is 2.17. The first-order valence-electron chi connectivity index (χ1n) is 5.44. The highest BCUT2D eigenvalue weighted by atomic mass is 79.9. The molecule has 1 fully saturated rings. The Morgan fingerprint density at radius 1 is 1.59 bits per heavy atom. The van der Waals surface area contributed by atoms with Crippen molar-refractivity contribution in [2.24, 2.45) is 12.8 Å². The maximum atomic E-state index is 12.2. The van der Waals surface area contributed by atoms with Gasteiger partial charge in [0.25, 0.3) is 5.91 Å². The molecule has 17 heavy (non-hydrogen) atoms. The molecule has 0 saturated carbocycles. The molecule has 1 aliphatic heterocycles. The average molecular weight is 323 g/mol. The zero-order valence-corrected chi connectivity index (χ0v) is 12.1. The summed E-state index contributed by atoms with van der Waals surface area (Å²) in [7, 11) is 1.88. The fraction of sp³-hybridized carbons (Fsp3) is 0.545. The van der Waals surface area contributed by atoms with Gasteiger partial charge in [-0.15, -0.1) is 12.4 Å². The Kier molecular flexibility index (Phi) is 5.04. The summed E-state index contributed by atoms with van der Waals surface area (Å²) in [6.45, 7) is 1.48. The number of carbonyl (C=O) groups excluding carboxylic acids is 1. The minimum Gasteiger partial charge on any atom is -0.345 e. The van der Waals surface area contributed by atoms with E-state index in [4.69, 9.17) is 5.73 Å². The molecule has 2 rings (SSSR count). The Balaban J connectivity index is 0.00000144. The number of rotatable bonds is 1. The van der Waals surface area contributed by atoms with Crippen LogP contribution in [-0.2, 0) is 7.05 Å². The number of nitrogens with two attached hydrogens (primary N) is 1. The van der Waals surface area contributed by atoms with E-state index < -0.39 is 0 Å². The predicted molar refractivity (Wildman–Crippen MR) is 73.5 cm³/mol. The fourth-order valence-corrected chi connectivity index (χ4v) is 2.62. The number of piperidine rings is 1. The van der Waals surface area contributed by atoms with Gasteiger partial charge in [0.2, 0.25) is 0 Å². The standard InChI is InChI=1S/C11H16BrN3O.ClH/c1-14-6-8(12)5-10(14)11(16)15-4-2-3-9(13)7-15;/h5-6,9H,2-4,7,13H2,1H3;1H. The van der Waals surface area contributed by atoms with Gasteiger partial charge in [-0.05, 0) is 34.8 Å². The highest BCUT2D eigenvalue weighted by molar-refractivity contribution is 9.10. The lowest BCUT2D eigenvalue weighted by Crippen LogP contribution is -2.46. The number of amides is 1. The monoisotopic (exact) mass is 321 g/mol. The van der Waals surface area contributed by atoms with E-state index in [0.29, 0.717) is 12.2 Å². The molecule has 0 bridgehead atoms. The lowest BCUT2D eigenvalue weighted by molar-refractivity contribution is 0.0699. The van der Waals surface area contributed by atoms with Gasteiger partial charge in [0.05, 0.1) is 0 Å². The normalized spacial score (nSPS) is 19.9. The molecular formula is C11H17BrClN3O. The second kappa shape index (κ2) is 5.89. The van der Waals surface area contributed by atoms with Crippen molar-refractivity contribution in [2.45, 2.75) is 18.9 Å². The molecule has 2 N–H and O–H groups in total. The molecular weight excluding hydrogens is 305 g/mol. The van der Waals surface area contributed by atoms with Crippen molar-refractivity contribution in [3.05, 3.63) is 22.4 Å². The summed E-state index contributed by atoms with van der Waals surface area (Å²) in [5.74, 6) is 0.0725. The van der Waals surface area contributed by atoms with E-state index in [2.05, 4.69) is 15.9 Å². The smallest absolute Gasteiger partial charge is 0.270 e. The lowest BCUT2D eigenvalue weighted by atomic mass is 10.1. The predicted octanol–water partition coefficient (Wildman–Crippen LogP) is 1.77. The highest BCUT2D eigenvalue weighted by Gasteiger charge is 2.23. The Labute approximate surface area is 116 Å². The second-order valence-corrected chi connectivity index (χ2v) is 5.22. The van der Waals surface area contributed by atoms with E-state index in [9.17, 15) is 4.79 Å². The molecule has 0 spiro atoms. The van der Waals surface area contributed by atoms with Crippen molar-refractivity contribution in [2.75, 3.05) is 13.1 Å². The summed E-state index contributed by atoms with van der Waals surface area (Å²) in [6, 6.07) is 1.98. The molecule has 96 valence electrons. The van der Waals surface area contributed by atoms with Crippen LogP contribution in [0.15, 0.2) is 16.7 Å². The summed E-state index contributed by atoms with van der Waals surface area (Å²) in [6.07, 6.45) is 3.90. The maximum absolute atomic E-state index is 12.2. The van der Waals surface area contributed by atoms with E-state index in [1.807, 2.05) is 28.8 Å². The Morgan fingerprint density at radius 3 is 2.82 bits per heavy atom. The summed E-state index contributed by atoms with van der Waals surface area (Å²) in [5.41, 5.74) is 6.58. The molecule has 0 aromatic carbocycles. The lowest BCUT2D eigenvalue weighted by Gasteiger charge is -2.30. The largest absolute Gasteiger partial charge is 0.345 e. The third-order valence-electron chi connectivity index (χ3n) is 2.94. The van der Waals surface area contributed by atoms with Crippen LogP contribution in [0.5, 0.6) is 0 Å². The van der Waals surface area contributed by atoms with Crippen LogP contribution in [0.25, 0.3) is 0 Å². The molecule has 1 aliphatic rings. The Hall–Kier alpha value is -0.520. The van der Waals surface area contributed by atoms with Crippen LogP contribution in [0.4, 0.5) is 0 Å². The van der Waals surface area contributed by atoms with Crippen molar-refractivity contribution < 1.29 is 4.79 Å². The summed E-state index contributed by atoms with van der Waals surface area (Å²) in [5, 5.41) is 0. The van der Waals surface area contributed by atoms with Gasteiger partial charge in [-0.1, -0.05) is 0 Å². The Bertz CT molecular complexity index is 407. The third kappa shape index (κ3) is 3.24. The summed E-state index contributed by atoms with van der Waals surface area (Å²) < 4.78 is 2.77. The first-order chi connectivity index (χ1) is 7.58. The quantitative estimate of drug-likeness (QED) is 0.857. The fourth-order valence-electron chi connectivity index (χ4n) is 2.09. The molecule has 1 unspecified atom stereocenters. The zero-order chi connectivity index (χ0) is 11.7. The van der Waals surface area contributed by atoms with Crippen LogP contribution in [-0.4, -0.2) is 34.5 Å². The molecule has 4 nitrogen and oxygen atoms in total. The van der Waals surface area contributed by atoms with Crippen molar-refractivity contribution in [1.29, 1.82) is 0 Å². The number of likely N-dealkylation sites (tertiary alicyclic amines) is 1. The second-order valence-electron chi connectivity index (χ2n) is 4.31. The minimum atomic E-state index is 0. The topological polar surface area (TPSA) is 51.3 Å². The van der Waals surface area contributed by atoms with Gasteiger partial charge in [-0.3, -0.25) is 4.79 Å². The minimum absolute atomic E-state index is 0. The zero-order valence-electron chi connectivity index (χ0n) is 9.73. The first-order valence-corrected chi connectivity index (χ1v) is 6.24. The molecule has 1 atom stereocenters. The first kappa shape index (κ1) is 14.5. The van der Waals surface area contributed by atoms with Crippen LogP contribution >= 0.6 is 28.3 Å². The molecule has 1 aromatic heterocycles. The van der Waals surface area contributed by atoms with Crippen molar-refractivity contribution in [3.63, 3.8) is 0 Å². The number of hydrogen-bond acceptors (Lipinski definition) is 2. The van der Waals surface area contributed by atoms with Crippen LogP contribution < -0.4 is 5.73 Å². The number of aryl methyl sites for hydroxylation is 1. The molecule has 1 saturated heterocycles. The molecule has 1 aromatic rings. The van der Waals surface area contributed by atoms with Gasteiger partial charge in [0.15, 0.2) is 0 Å². The van der Waals surface area contributed by atoms with Crippen LogP contribution in [0, 0.1) is 0 Å². The Morgan fingerprint density at radius 2 is 2.29 bits per heavy atom. The number of aromatic nitrogens is 1. The van der Waals surface area contributed by atoms with Crippen molar-refractivity contribution >= 4 is 34.2 Å². The summed E-state index contributed by atoms with van der Waals surface area (Å²) >= 11 is 3.37. The van der Waals surface area contributed by atoms with Crippen molar-refractivity contribution in [3.8, 4) is 0 Å². The van der Waals surface area contributed by atoms with E-state index in [0.717, 1.165) is 23.9 Å². The van der Waals surface area contributed by atoms with Crippen LogP contribution in [0.1, 0.15) is 23.3 Å². The van der Waals surface area contributed by atoms with Gasteiger partial charge in [-0.25, -0.2) is 0 Å². The number of hydrogen-bond donors (Lipinski definition) is 1. The molecule has 0 radical (unpaired) electrons. The van der Waals surface area contributed by atoms with Gasteiger partial charge in [0, 0.05) is 36.8 Å². The SMILES string of the molecule is Cl.Cn1cc(Br)cc1C(=O)N1CCCC(N)C1. The van der Waals surface area contributed by atoms with E-state index in [1.165, 1.54) is 0 Å². The van der Waals surface area contributed by atoms with Crippen LogP contribution in [0.3, 0.4) is 0 Å².